The lowest BCUT2D eigenvalue weighted by Crippen LogP contribution is -2.10. The number of nitrogens with zero attached hydrogens (tertiary/aromatic N) is 1. The molecule has 2 heterocycles. The third-order valence-corrected chi connectivity index (χ3v) is 4.69. The maximum atomic E-state index is 6.30. The molecule has 0 bridgehead atoms. The van der Waals surface area contributed by atoms with E-state index in [1.165, 1.54) is 34.6 Å². The van der Waals surface area contributed by atoms with E-state index in [9.17, 15) is 0 Å². The highest BCUT2D eigenvalue weighted by Gasteiger charge is 2.19. The Morgan fingerprint density at radius 1 is 1.35 bits per heavy atom. The maximum Gasteiger partial charge on any atom is 0.0661 e. The highest BCUT2D eigenvalue weighted by atomic mass is 32.1. The fourth-order valence-corrected chi connectivity index (χ4v) is 3.62. The zero-order valence-electron chi connectivity index (χ0n) is 9.94. The van der Waals surface area contributed by atoms with Gasteiger partial charge in [-0.15, -0.1) is 11.3 Å². The van der Waals surface area contributed by atoms with Crippen LogP contribution in [0.5, 0.6) is 0 Å². The van der Waals surface area contributed by atoms with Crippen LogP contribution in [0.2, 0.25) is 0 Å². The SMILES string of the molecule is Cc1ccc(C(N)c2cc3c(s2)CCC3)cn1. The van der Waals surface area contributed by atoms with Crippen LogP contribution in [0.4, 0.5) is 0 Å². The summed E-state index contributed by atoms with van der Waals surface area (Å²) in [6.07, 6.45) is 5.66. The van der Waals surface area contributed by atoms with E-state index in [2.05, 4.69) is 17.1 Å². The first-order valence-corrected chi connectivity index (χ1v) is 6.85. The van der Waals surface area contributed by atoms with Crippen molar-refractivity contribution in [2.45, 2.75) is 32.2 Å². The first-order chi connectivity index (χ1) is 8.24. The lowest BCUT2D eigenvalue weighted by molar-refractivity contribution is 0.872. The Morgan fingerprint density at radius 3 is 2.94 bits per heavy atom. The van der Waals surface area contributed by atoms with Gasteiger partial charge in [0.2, 0.25) is 0 Å². The number of rotatable bonds is 2. The molecule has 0 radical (unpaired) electrons. The van der Waals surface area contributed by atoms with Crippen molar-refractivity contribution in [2.24, 2.45) is 5.73 Å². The fourth-order valence-electron chi connectivity index (χ4n) is 2.33. The van der Waals surface area contributed by atoms with E-state index in [4.69, 9.17) is 5.73 Å². The molecule has 3 heteroatoms. The van der Waals surface area contributed by atoms with Crippen molar-refractivity contribution < 1.29 is 0 Å². The van der Waals surface area contributed by atoms with Gasteiger partial charge in [0, 0.05) is 21.6 Å². The number of fused-ring (bicyclic) bond motifs is 1. The minimum atomic E-state index is -0.0151. The van der Waals surface area contributed by atoms with E-state index in [0.29, 0.717) is 0 Å². The molecular formula is C14H16N2S. The summed E-state index contributed by atoms with van der Waals surface area (Å²) in [4.78, 5) is 7.13. The summed E-state index contributed by atoms with van der Waals surface area (Å²) in [6, 6.07) is 6.38. The number of aryl methyl sites for hydroxylation is 3. The van der Waals surface area contributed by atoms with E-state index in [0.717, 1.165) is 11.3 Å². The van der Waals surface area contributed by atoms with Crippen molar-refractivity contribution in [3.8, 4) is 0 Å². The Morgan fingerprint density at radius 2 is 2.24 bits per heavy atom. The van der Waals surface area contributed by atoms with E-state index in [1.807, 2.05) is 30.5 Å². The van der Waals surface area contributed by atoms with Crippen LogP contribution in [0.25, 0.3) is 0 Å². The van der Waals surface area contributed by atoms with Gasteiger partial charge < -0.3 is 5.73 Å². The predicted octanol–water partition coefficient (Wildman–Crippen LogP) is 2.99. The molecule has 1 unspecified atom stereocenters. The Balaban J connectivity index is 1.90. The number of pyridine rings is 1. The van der Waals surface area contributed by atoms with Gasteiger partial charge in [0.05, 0.1) is 6.04 Å². The molecular weight excluding hydrogens is 228 g/mol. The topological polar surface area (TPSA) is 38.9 Å². The average molecular weight is 244 g/mol. The predicted molar refractivity (Wildman–Crippen MR) is 71.3 cm³/mol. The second-order valence-electron chi connectivity index (χ2n) is 4.66. The molecule has 1 aliphatic rings. The molecule has 2 nitrogen and oxygen atoms in total. The normalized spacial score (nSPS) is 15.9. The number of thiophene rings is 1. The summed E-state index contributed by atoms with van der Waals surface area (Å²) in [6.45, 7) is 2.00. The van der Waals surface area contributed by atoms with Gasteiger partial charge in [-0.25, -0.2) is 0 Å². The van der Waals surface area contributed by atoms with Crippen molar-refractivity contribution in [3.63, 3.8) is 0 Å². The Hall–Kier alpha value is -1.19. The third-order valence-electron chi connectivity index (χ3n) is 3.37. The lowest BCUT2D eigenvalue weighted by atomic mass is 10.1. The van der Waals surface area contributed by atoms with E-state index in [-0.39, 0.29) is 6.04 Å². The van der Waals surface area contributed by atoms with Crippen LogP contribution >= 0.6 is 11.3 Å². The van der Waals surface area contributed by atoms with Crippen molar-refractivity contribution in [2.75, 3.05) is 0 Å². The molecule has 0 saturated heterocycles. The number of nitrogens with two attached hydrogens (primary N) is 1. The van der Waals surface area contributed by atoms with Crippen LogP contribution in [0.15, 0.2) is 24.4 Å². The minimum Gasteiger partial charge on any atom is -0.320 e. The van der Waals surface area contributed by atoms with Gasteiger partial charge in [-0.1, -0.05) is 6.07 Å². The monoisotopic (exact) mass is 244 g/mol. The summed E-state index contributed by atoms with van der Waals surface area (Å²) in [5.74, 6) is 0. The summed E-state index contributed by atoms with van der Waals surface area (Å²) in [7, 11) is 0. The first-order valence-electron chi connectivity index (χ1n) is 6.03. The third kappa shape index (κ3) is 2.01. The van der Waals surface area contributed by atoms with Crippen LogP contribution < -0.4 is 5.73 Å². The van der Waals surface area contributed by atoms with Crippen molar-refractivity contribution >= 4 is 11.3 Å². The van der Waals surface area contributed by atoms with Crippen LogP contribution in [-0.4, -0.2) is 4.98 Å². The quantitative estimate of drug-likeness (QED) is 0.882. The molecule has 0 amide bonds. The minimum absolute atomic E-state index is 0.0151. The van der Waals surface area contributed by atoms with Gasteiger partial charge in [-0.2, -0.15) is 0 Å². The molecule has 88 valence electrons. The van der Waals surface area contributed by atoms with Gasteiger partial charge in [0.1, 0.15) is 0 Å². The molecule has 17 heavy (non-hydrogen) atoms. The summed E-state index contributed by atoms with van der Waals surface area (Å²) in [5, 5.41) is 0. The van der Waals surface area contributed by atoms with Crippen LogP contribution in [0.1, 0.15) is 39.0 Å². The molecule has 0 spiro atoms. The summed E-state index contributed by atoms with van der Waals surface area (Å²) in [5.41, 5.74) is 9.96. The second kappa shape index (κ2) is 4.24. The highest BCUT2D eigenvalue weighted by Crippen LogP contribution is 2.34. The van der Waals surface area contributed by atoms with Crippen molar-refractivity contribution in [3.05, 3.63) is 51.0 Å². The van der Waals surface area contributed by atoms with Gasteiger partial charge in [-0.05, 0) is 49.4 Å². The molecule has 2 aromatic heterocycles. The number of aromatic nitrogens is 1. The molecule has 0 fully saturated rings. The fraction of sp³-hybridized carbons (Fsp3) is 0.357. The van der Waals surface area contributed by atoms with Crippen molar-refractivity contribution in [1.82, 2.24) is 4.98 Å². The number of hydrogen-bond acceptors (Lipinski definition) is 3. The molecule has 2 aromatic rings. The average Bonchev–Trinajstić information content (AvgIpc) is 2.89. The molecule has 3 rings (SSSR count). The Bertz CT molecular complexity index is 506. The molecule has 0 saturated carbocycles. The Labute approximate surface area is 106 Å². The standard InChI is InChI=1S/C14H16N2S/c1-9-5-6-11(8-16-9)14(15)13-7-10-3-2-4-12(10)17-13/h5-8,14H,2-4,15H2,1H3. The van der Waals surface area contributed by atoms with Crippen LogP contribution in [0, 0.1) is 6.92 Å². The molecule has 0 aliphatic heterocycles. The van der Waals surface area contributed by atoms with Gasteiger partial charge in [0.15, 0.2) is 0 Å². The van der Waals surface area contributed by atoms with Gasteiger partial charge in [0.25, 0.3) is 0 Å². The van der Waals surface area contributed by atoms with E-state index < -0.39 is 0 Å². The first kappa shape index (κ1) is 10.9. The molecule has 0 aromatic carbocycles. The highest BCUT2D eigenvalue weighted by molar-refractivity contribution is 7.12. The smallest absolute Gasteiger partial charge is 0.0661 e. The maximum absolute atomic E-state index is 6.30. The summed E-state index contributed by atoms with van der Waals surface area (Å²) < 4.78 is 0. The van der Waals surface area contributed by atoms with Crippen molar-refractivity contribution in [1.29, 1.82) is 0 Å². The molecule has 2 N–H and O–H groups in total. The zero-order chi connectivity index (χ0) is 11.8. The molecule has 1 aliphatic carbocycles. The van der Waals surface area contributed by atoms with Crippen LogP contribution in [-0.2, 0) is 12.8 Å². The molecule has 1 atom stereocenters. The number of hydrogen-bond donors (Lipinski definition) is 1. The summed E-state index contributed by atoms with van der Waals surface area (Å²) >= 11 is 1.88. The zero-order valence-corrected chi connectivity index (χ0v) is 10.8. The van der Waals surface area contributed by atoms with E-state index >= 15 is 0 Å². The Kier molecular flexibility index (Phi) is 2.73. The van der Waals surface area contributed by atoms with Gasteiger partial charge in [-0.3, -0.25) is 4.98 Å². The van der Waals surface area contributed by atoms with E-state index in [1.54, 1.807) is 0 Å². The largest absolute Gasteiger partial charge is 0.320 e. The second-order valence-corrected chi connectivity index (χ2v) is 5.83. The lowest BCUT2D eigenvalue weighted by Gasteiger charge is -2.09. The van der Waals surface area contributed by atoms with Crippen LogP contribution in [0.3, 0.4) is 0 Å². The van der Waals surface area contributed by atoms with Gasteiger partial charge >= 0.3 is 0 Å².